The van der Waals surface area contributed by atoms with Crippen LogP contribution in [0.5, 0.6) is 5.75 Å². The first-order valence-corrected chi connectivity index (χ1v) is 8.20. The number of benzene rings is 2. The van der Waals surface area contributed by atoms with Crippen LogP contribution in [0.25, 0.3) is 0 Å². The lowest BCUT2D eigenvalue weighted by Gasteiger charge is -2.21. The Balaban J connectivity index is 1.92. The zero-order chi connectivity index (χ0) is 18.2. The van der Waals surface area contributed by atoms with Gasteiger partial charge in [-0.05, 0) is 48.9 Å². The summed E-state index contributed by atoms with van der Waals surface area (Å²) in [5, 5.41) is 8.78. The SMILES string of the molecule is CCN(Cc1ccc(N(C)C)cc1)C(=O)COc1ccc(C#N)cc1. The summed E-state index contributed by atoms with van der Waals surface area (Å²) in [6, 6.07) is 16.9. The molecule has 0 aromatic heterocycles. The van der Waals surface area contributed by atoms with Gasteiger partial charge >= 0.3 is 0 Å². The van der Waals surface area contributed by atoms with E-state index in [1.807, 2.05) is 50.2 Å². The summed E-state index contributed by atoms with van der Waals surface area (Å²) >= 11 is 0. The number of ether oxygens (including phenoxy) is 1. The molecule has 0 N–H and O–H groups in total. The van der Waals surface area contributed by atoms with Gasteiger partial charge < -0.3 is 14.5 Å². The molecule has 25 heavy (non-hydrogen) atoms. The predicted molar refractivity (Wildman–Crippen MR) is 98.5 cm³/mol. The molecule has 130 valence electrons. The molecule has 0 aliphatic heterocycles. The molecule has 5 heteroatoms. The normalized spacial score (nSPS) is 10.0. The Morgan fingerprint density at radius 2 is 1.72 bits per heavy atom. The van der Waals surface area contributed by atoms with Gasteiger partial charge in [0.2, 0.25) is 0 Å². The summed E-state index contributed by atoms with van der Waals surface area (Å²) < 4.78 is 5.53. The standard InChI is InChI=1S/C20H23N3O2/c1-4-23(14-17-5-9-18(10-6-17)22(2)3)20(24)15-25-19-11-7-16(13-21)8-12-19/h5-12H,4,14-15H2,1-3H3. The van der Waals surface area contributed by atoms with Crippen LogP contribution in [-0.2, 0) is 11.3 Å². The molecular formula is C20H23N3O2. The molecule has 5 nitrogen and oxygen atoms in total. The van der Waals surface area contributed by atoms with Crippen molar-refractivity contribution in [2.45, 2.75) is 13.5 Å². The molecule has 2 aromatic rings. The molecule has 0 aliphatic carbocycles. The molecule has 0 atom stereocenters. The van der Waals surface area contributed by atoms with Crippen molar-refractivity contribution in [2.24, 2.45) is 0 Å². The van der Waals surface area contributed by atoms with Gasteiger partial charge in [0.1, 0.15) is 5.75 Å². The summed E-state index contributed by atoms with van der Waals surface area (Å²) in [5.41, 5.74) is 2.77. The van der Waals surface area contributed by atoms with Crippen LogP contribution >= 0.6 is 0 Å². The van der Waals surface area contributed by atoms with Crippen molar-refractivity contribution in [1.82, 2.24) is 4.90 Å². The van der Waals surface area contributed by atoms with Gasteiger partial charge in [-0.3, -0.25) is 4.79 Å². The maximum Gasteiger partial charge on any atom is 0.260 e. The number of amides is 1. The minimum Gasteiger partial charge on any atom is -0.484 e. The van der Waals surface area contributed by atoms with Gasteiger partial charge in [0, 0.05) is 32.9 Å². The Labute approximate surface area is 149 Å². The van der Waals surface area contributed by atoms with Crippen molar-refractivity contribution in [3.63, 3.8) is 0 Å². The average molecular weight is 337 g/mol. The first-order chi connectivity index (χ1) is 12.0. The molecular weight excluding hydrogens is 314 g/mol. The highest BCUT2D eigenvalue weighted by molar-refractivity contribution is 5.77. The van der Waals surface area contributed by atoms with Gasteiger partial charge in [-0.25, -0.2) is 0 Å². The van der Waals surface area contributed by atoms with E-state index in [1.54, 1.807) is 29.2 Å². The number of hydrogen-bond acceptors (Lipinski definition) is 4. The number of carbonyl (C=O) groups is 1. The molecule has 0 saturated heterocycles. The number of anilines is 1. The van der Waals surface area contributed by atoms with E-state index in [0.717, 1.165) is 11.3 Å². The fourth-order valence-electron chi connectivity index (χ4n) is 2.36. The van der Waals surface area contributed by atoms with Gasteiger partial charge in [0.15, 0.2) is 6.61 Å². The predicted octanol–water partition coefficient (Wildman–Crippen LogP) is 3.05. The molecule has 0 fully saturated rings. The van der Waals surface area contributed by atoms with Crippen LogP contribution in [0.2, 0.25) is 0 Å². The fraction of sp³-hybridized carbons (Fsp3) is 0.300. The summed E-state index contributed by atoms with van der Waals surface area (Å²) in [5.74, 6) is 0.516. The highest BCUT2D eigenvalue weighted by Gasteiger charge is 2.13. The third-order valence-corrected chi connectivity index (χ3v) is 3.91. The summed E-state index contributed by atoms with van der Waals surface area (Å²) in [4.78, 5) is 16.2. The van der Waals surface area contributed by atoms with Gasteiger partial charge in [0.05, 0.1) is 11.6 Å². The number of nitrogens with zero attached hydrogens (tertiary/aromatic N) is 3. The van der Waals surface area contributed by atoms with Gasteiger partial charge in [0.25, 0.3) is 5.91 Å². The monoisotopic (exact) mass is 337 g/mol. The van der Waals surface area contributed by atoms with Crippen molar-refractivity contribution >= 4 is 11.6 Å². The second-order valence-corrected chi connectivity index (χ2v) is 5.89. The zero-order valence-electron chi connectivity index (χ0n) is 14.9. The fourth-order valence-corrected chi connectivity index (χ4v) is 2.36. The number of likely N-dealkylation sites (N-methyl/N-ethyl adjacent to an activating group) is 1. The second-order valence-electron chi connectivity index (χ2n) is 5.89. The molecule has 2 rings (SSSR count). The topological polar surface area (TPSA) is 56.6 Å². The lowest BCUT2D eigenvalue weighted by molar-refractivity contribution is -0.133. The smallest absolute Gasteiger partial charge is 0.260 e. The van der Waals surface area contributed by atoms with Crippen LogP contribution in [0.1, 0.15) is 18.1 Å². The van der Waals surface area contributed by atoms with Gasteiger partial charge in [-0.2, -0.15) is 5.26 Å². The third-order valence-electron chi connectivity index (χ3n) is 3.91. The van der Waals surface area contributed by atoms with Crippen molar-refractivity contribution < 1.29 is 9.53 Å². The minimum atomic E-state index is -0.0662. The van der Waals surface area contributed by atoms with Gasteiger partial charge in [-0.1, -0.05) is 12.1 Å². The first kappa shape index (κ1) is 18.3. The number of nitriles is 1. The quantitative estimate of drug-likeness (QED) is 0.779. The molecule has 0 heterocycles. The van der Waals surface area contributed by atoms with E-state index >= 15 is 0 Å². The highest BCUT2D eigenvalue weighted by atomic mass is 16.5. The van der Waals surface area contributed by atoms with Gasteiger partial charge in [-0.15, -0.1) is 0 Å². The number of carbonyl (C=O) groups excluding carboxylic acids is 1. The van der Waals surface area contributed by atoms with Crippen LogP contribution in [0.4, 0.5) is 5.69 Å². The third kappa shape index (κ3) is 5.25. The largest absolute Gasteiger partial charge is 0.484 e. The van der Waals surface area contributed by atoms with Crippen molar-refractivity contribution in [1.29, 1.82) is 5.26 Å². The summed E-state index contributed by atoms with van der Waals surface area (Å²) in [6.45, 7) is 3.11. The Kier molecular flexibility index (Phi) is 6.41. The van der Waals surface area contributed by atoms with Crippen LogP contribution in [-0.4, -0.2) is 38.1 Å². The van der Waals surface area contributed by atoms with Crippen molar-refractivity contribution in [3.8, 4) is 11.8 Å². The molecule has 0 spiro atoms. The molecule has 1 amide bonds. The lowest BCUT2D eigenvalue weighted by atomic mass is 10.2. The van der Waals surface area contributed by atoms with Crippen LogP contribution in [0, 0.1) is 11.3 Å². The van der Waals surface area contributed by atoms with Crippen LogP contribution in [0.3, 0.4) is 0 Å². The molecule has 0 saturated carbocycles. The molecule has 0 unspecified atom stereocenters. The Morgan fingerprint density at radius 1 is 1.08 bits per heavy atom. The zero-order valence-corrected chi connectivity index (χ0v) is 14.9. The Hall–Kier alpha value is -3.00. The minimum absolute atomic E-state index is 0.0183. The number of rotatable bonds is 7. The van der Waals surface area contributed by atoms with E-state index < -0.39 is 0 Å². The van der Waals surface area contributed by atoms with E-state index in [2.05, 4.69) is 6.07 Å². The maximum absolute atomic E-state index is 12.4. The maximum atomic E-state index is 12.4. The van der Waals surface area contributed by atoms with Crippen molar-refractivity contribution in [3.05, 3.63) is 59.7 Å². The van der Waals surface area contributed by atoms with Crippen LogP contribution in [0.15, 0.2) is 48.5 Å². The van der Waals surface area contributed by atoms with E-state index in [9.17, 15) is 4.79 Å². The Morgan fingerprint density at radius 3 is 2.24 bits per heavy atom. The average Bonchev–Trinajstić information content (AvgIpc) is 2.64. The Bertz CT molecular complexity index is 731. The second kappa shape index (κ2) is 8.74. The molecule has 0 aliphatic rings. The van der Waals surface area contributed by atoms with E-state index in [4.69, 9.17) is 10.00 Å². The van der Waals surface area contributed by atoms with E-state index in [-0.39, 0.29) is 12.5 Å². The lowest BCUT2D eigenvalue weighted by Crippen LogP contribution is -2.34. The highest BCUT2D eigenvalue weighted by Crippen LogP contribution is 2.15. The van der Waals surface area contributed by atoms with E-state index in [1.165, 1.54) is 0 Å². The molecule has 0 radical (unpaired) electrons. The number of hydrogen-bond donors (Lipinski definition) is 0. The van der Waals surface area contributed by atoms with Crippen molar-refractivity contribution in [2.75, 3.05) is 32.1 Å². The molecule has 0 bridgehead atoms. The molecule has 2 aromatic carbocycles. The van der Waals surface area contributed by atoms with Crippen LogP contribution < -0.4 is 9.64 Å². The summed E-state index contributed by atoms with van der Waals surface area (Å²) in [7, 11) is 3.99. The first-order valence-electron chi connectivity index (χ1n) is 8.20. The summed E-state index contributed by atoms with van der Waals surface area (Å²) in [6.07, 6.45) is 0. The van der Waals surface area contributed by atoms with E-state index in [0.29, 0.717) is 24.4 Å².